The molecule has 3 aromatic rings. The van der Waals surface area contributed by atoms with E-state index >= 15 is 0 Å². The van der Waals surface area contributed by atoms with Crippen LogP contribution in [0.15, 0.2) is 59.0 Å². The largest absolute Gasteiger partial charge is 0.457 e. The molecule has 0 aliphatic heterocycles. The number of nitriles is 2. The molecule has 0 fully saturated rings. The molecule has 25 heavy (non-hydrogen) atoms. The quantitative estimate of drug-likeness (QED) is 0.520. The van der Waals surface area contributed by atoms with E-state index in [0.29, 0.717) is 43.8 Å². The lowest BCUT2D eigenvalue weighted by Crippen LogP contribution is -1.82. The highest BCUT2D eigenvalue weighted by Gasteiger charge is 2.11. The van der Waals surface area contributed by atoms with E-state index in [1.165, 1.54) is 0 Å². The molecule has 0 bridgehead atoms. The van der Waals surface area contributed by atoms with Crippen molar-refractivity contribution in [2.75, 3.05) is 0 Å². The molecule has 2 aromatic carbocycles. The highest BCUT2D eigenvalue weighted by atomic mass is 35.5. The van der Waals surface area contributed by atoms with Crippen LogP contribution in [0.25, 0.3) is 23.0 Å². The van der Waals surface area contributed by atoms with Crippen molar-refractivity contribution in [1.29, 1.82) is 10.5 Å². The third-order valence-electron chi connectivity index (χ3n) is 3.58. The SMILES string of the molecule is N#C/C(=C/c1ccc(-c2cccc(Cl)c2Cl)o1)c1ccc(C#N)cc1. The second-order valence-electron chi connectivity index (χ2n) is 5.16. The fourth-order valence-corrected chi connectivity index (χ4v) is 2.71. The van der Waals surface area contributed by atoms with Gasteiger partial charge in [0.15, 0.2) is 0 Å². The minimum absolute atomic E-state index is 0.418. The van der Waals surface area contributed by atoms with Gasteiger partial charge in [0, 0.05) is 5.56 Å². The van der Waals surface area contributed by atoms with Crippen LogP contribution in [-0.4, -0.2) is 0 Å². The molecule has 3 rings (SSSR count). The topological polar surface area (TPSA) is 60.7 Å². The van der Waals surface area contributed by atoms with Crippen molar-refractivity contribution in [2.45, 2.75) is 0 Å². The summed E-state index contributed by atoms with van der Waals surface area (Å²) >= 11 is 12.2. The summed E-state index contributed by atoms with van der Waals surface area (Å²) in [4.78, 5) is 0. The Kier molecular flexibility index (Phi) is 4.91. The van der Waals surface area contributed by atoms with Crippen molar-refractivity contribution in [3.05, 3.63) is 81.5 Å². The third-order valence-corrected chi connectivity index (χ3v) is 4.39. The smallest absolute Gasteiger partial charge is 0.136 e. The Morgan fingerprint density at radius 3 is 2.40 bits per heavy atom. The van der Waals surface area contributed by atoms with Gasteiger partial charge in [-0.3, -0.25) is 0 Å². The summed E-state index contributed by atoms with van der Waals surface area (Å²) in [5.41, 5.74) is 2.37. The van der Waals surface area contributed by atoms with Crippen LogP contribution in [-0.2, 0) is 0 Å². The molecule has 0 unspecified atom stereocenters. The van der Waals surface area contributed by atoms with Crippen LogP contribution in [0.2, 0.25) is 10.0 Å². The molecule has 0 aliphatic carbocycles. The molecule has 0 saturated carbocycles. The summed E-state index contributed by atoms with van der Waals surface area (Å²) < 4.78 is 5.78. The Morgan fingerprint density at radius 2 is 1.72 bits per heavy atom. The van der Waals surface area contributed by atoms with E-state index in [1.54, 1.807) is 54.6 Å². The zero-order valence-electron chi connectivity index (χ0n) is 12.8. The van der Waals surface area contributed by atoms with E-state index < -0.39 is 0 Å². The molecule has 0 N–H and O–H groups in total. The molecule has 120 valence electrons. The number of allylic oxidation sites excluding steroid dienone is 1. The van der Waals surface area contributed by atoms with Gasteiger partial charge in [0.05, 0.1) is 33.3 Å². The van der Waals surface area contributed by atoms with Crippen LogP contribution in [0.1, 0.15) is 16.9 Å². The maximum absolute atomic E-state index is 9.41. The molecule has 0 saturated heterocycles. The molecule has 0 spiro atoms. The Hall–Kier alpha value is -2.98. The fourth-order valence-electron chi connectivity index (χ4n) is 2.32. The Labute approximate surface area is 155 Å². The number of halogens is 2. The van der Waals surface area contributed by atoms with E-state index in [4.69, 9.17) is 32.9 Å². The van der Waals surface area contributed by atoms with Gasteiger partial charge in [-0.2, -0.15) is 10.5 Å². The predicted molar refractivity (Wildman–Crippen MR) is 98.8 cm³/mol. The van der Waals surface area contributed by atoms with Gasteiger partial charge in [0.25, 0.3) is 0 Å². The van der Waals surface area contributed by atoms with Gasteiger partial charge < -0.3 is 4.42 Å². The van der Waals surface area contributed by atoms with Crippen LogP contribution in [0.3, 0.4) is 0 Å². The second kappa shape index (κ2) is 7.28. The van der Waals surface area contributed by atoms with E-state index in [9.17, 15) is 5.26 Å². The lowest BCUT2D eigenvalue weighted by atomic mass is 10.0. The molecule has 1 heterocycles. The van der Waals surface area contributed by atoms with Crippen molar-refractivity contribution in [3.8, 4) is 23.5 Å². The van der Waals surface area contributed by atoms with E-state index in [2.05, 4.69) is 6.07 Å². The van der Waals surface area contributed by atoms with Gasteiger partial charge in [0.1, 0.15) is 11.5 Å². The first kappa shape index (κ1) is 16.9. The number of hydrogen-bond donors (Lipinski definition) is 0. The summed E-state index contributed by atoms with van der Waals surface area (Å²) in [6.45, 7) is 0. The monoisotopic (exact) mass is 364 g/mol. The minimum Gasteiger partial charge on any atom is -0.457 e. The summed E-state index contributed by atoms with van der Waals surface area (Å²) in [6.07, 6.45) is 1.64. The first-order valence-electron chi connectivity index (χ1n) is 7.29. The predicted octanol–water partition coefficient (Wildman–Crippen LogP) is 6.19. The maximum Gasteiger partial charge on any atom is 0.136 e. The average Bonchev–Trinajstić information content (AvgIpc) is 3.10. The highest BCUT2D eigenvalue weighted by molar-refractivity contribution is 6.43. The lowest BCUT2D eigenvalue weighted by Gasteiger charge is -2.02. The van der Waals surface area contributed by atoms with Crippen LogP contribution in [0, 0.1) is 22.7 Å². The zero-order chi connectivity index (χ0) is 17.8. The van der Waals surface area contributed by atoms with Crippen molar-refractivity contribution < 1.29 is 4.42 Å². The third kappa shape index (κ3) is 3.59. The Bertz CT molecular complexity index is 1030. The van der Waals surface area contributed by atoms with E-state index in [0.717, 1.165) is 0 Å². The molecular formula is C20H10Cl2N2O. The van der Waals surface area contributed by atoms with E-state index in [-0.39, 0.29) is 0 Å². The molecular weight excluding hydrogens is 355 g/mol. The summed E-state index contributed by atoms with van der Waals surface area (Å²) in [7, 11) is 0. The number of benzene rings is 2. The van der Waals surface area contributed by atoms with Crippen LogP contribution in [0.5, 0.6) is 0 Å². The summed E-state index contributed by atoms with van der Waals surface area (Å²) in [6, 6.07) is 19.8. The van der Waals surface area contributed by atoms with Crippen molar-refractivity contribution in [1.82, 2.24) is 0 Å². The standard InChI is InChI=1S/C20H10Cl2N2O/c21-18-3-1-2-17(20(18)22)19-9-8-16(25-19)10-15(12-24)14-6-4-13(11-23)5-7-14/h1-10H/b15-10-. The molecule has 3 nitrogen and oxygen atoms in total. The number of furan rings is 1. The molecule has 1 aromatic heterocycles. The second-order valence-corrected chi connectivity index (χ2v) is 5.95. The number of rotatable bonds is 3. The van der Waals surface area contributed by atoms with Crippen LogP contribution in [0.4, 0.5) is 0 Å². The first-order valence-corrected chi connectivity index (χ1v) is 8.04. The summed E-state index contributed by atoms with van der Waals surface area (Å²) in [5, 5.41) is 19.1. The van der Waals surface area contributed by atoms with Gasteiger partial charge in [-0.05, 0) is 48.0 Å². The number of nitrogens with zero attached hydrogens (tertiary/aromatic N) is 2. The molecule has 0 amide bonds. The van der Waals surface area contributed by atoms with Crippen LogP contribution >= 0.6 is 23.2 Å². The van der Waals surface area contributed by atoms with Gasteiger partial charge >= 0.3 is 0 Å². The minimum atomic E-state index is 0.418. The molecule has 0 aliphatic rings. The molecule has 0 radical (unpaired) electrons. The maximum atomic E-state index is 9.41. The van der Waals surface area contributed by atoms with Gasteiger partial charge in [0.2, 0.25) is 0 Å². The fraction of sp³-hybridized carbons (Fsp3) is 0. The van der Waals surface area contributed by atoms with Gasteiger partial charge in [-0.25, -0.2) is 0 Å². The first-order chi connectivity index (χ1) is 12.1. The number of hydrogen-bond acceptors (Lipinski definition) is 3. The Balaban J connectivity index is 1.95. The summed E-state index contributed by atoms with van der Waals surface area (Å²) in [5.74, 6) is 1.09. The van der Waals surface area contributed by atoms with Crippen molar-refractivity contribution >= 4 is 34.9 Å². The van der Waals surface area contributed by atoms with Gasteiger partial charge in [-0.15, -0.1) is 0 Å². The molecule has 0 atom stereocenters. The highest BCUT2D eigenvalue weighted by Crippen LogP contribution is 2.34. The Morgan fingerprint density at radius 1 is 0.960 bits per heavy atom. The van der Waals surface area contributed by atoms with Crippen molar-refractivity contribution in [3.63, 3.8) is 0 Å². The molecule has 5 heteroatoms. The average molecular weight is 365 g/mol. The van der Waals surface area contributed by atoms with Crippen LogP contribution < -0.4 is 0 Å². The van der Waals surface area contributed by atoms with Crippen molar-refractivity contribution in [2.24, 2.45) is 0 Å². The lowest BCUT2D eigenvalue weighted by molar-refractivity contribution is 0.572. The zero-order valence-corrected chi connectivity index (χ0v) is 14.3. The normalized spacial score (nSPS) is 11.0. The van der Waals surface area contributed by atoms with E-state index in [1.807, 2.05) is 12.1 Å². The van der Waals surface area contributed by atoms with Gasteiger partial charge in [-0.1, -0.05) is 41.4 Å².